The number of hydrogen-bond acceptors (Lipinski definition) is 6. The fourth-order valence-corrected chi connectivity index (χ4v) is 4.65. The molecule has 0 fully saturated rings. The van der Waals surface area contributed by atoms with Gasteiger partial charge in [0.25, 0.3) is 11.8 Å². The van der Waals surface area contributed by atoms with Crippen LogP contribution in [0.15, 0.2) is 70.2 Å². The van der Waals surface area contributed by atoms with Crippen molar-refractivity contribution < 1.29 is 23.8 Å². The lowest BCUT2D eigenvalue weighted by molar-refractivity contribution is -0.132. The van der Waals surface area contributed by atoms with E-state index < -0.39 is 24.0 Å². The summed E-state index contributed by atoms with van der Waals surface area (Å²) in [6.07, 6.45) is 0.786. The molecule has 2 atom stereocenters. The highest BCUT2D eigenvalue weighted by molar-refractivity contribution is 9.10. The Balaban J connectivity index is 1.73. The van der Waals surface area contributed by atoms with E-state index in [1.165, 1.54) is 12.3 Å². The van der Waals surface area contributed by atoms with Gasteiger partial charge >= 0.3 is 0 Å². The first-order valence-electron chi connectivity index (χ1n) is 12.6. The Hall–Kier alpha value is -3.27. The number of rotatable bonds is 13. The molecule has 0 aromatic heterocycles. The Labute approximate surface area is 252 Å². The normalized spacial score (nSPS) is 12.4. The summed E-state index contributed by atoms with van der Waals surface area (Å²) >= 11 is 15.6. The maximum absolute atomic E-state index is 13.2. The van der Waals surface area contributed by atoms with Gasteiger partial charge in [-0.1, -0.05) is 53.5 Å². The topological polar surface area (TPSA) is 98.2 Å². The molecule has 3 rings (SSSR count). The van der Waals surface area contributed by atoms with Crippen molar-refractivity contribution >= 4 is 57.2 Å². The van der Waals surface area contributed by atoms with Gasteiger partial charge < -0.3 is 19.5 Å². The lowest BCUT2D eigenvalue weighted by Crippen LogP contribution is -2.50. The number of ether oxygens (including phenoxy) is 3. The summed E-state index contributed by atoms with van der Waals surface area (Å²) in [6.45, 7) is 6.26. The molecular formula is C29H30BrCl2N3O5. The van der Waals surface area contributed by atoms with Crippen molar-refractivity contribution in [2.45, 2.75) is 39.3 Å². The number of carbonyl (C=O) groups is 2. The van der Waals surface area contributed by atoms with Crippen molar-refractivity contribution in [2.75, 3.05) is 13.2 Å². The molecule has 0 aliphatic heterocycles. The number of benzene rings is 3. The average molecular weight is 651 g/mol. The van der Waals surface area contributed by atoms with Crippen LogP contribution in [0.4, 0.5) is 0 Å². The Bertz CT molecular complexity index is 1340. The van der Waals surface area contributed by atoms with Gasteiger partial charge in [-0.15, -0.1) is 0 Å². The number of amides is 2. The molecule has 11 heteroatoms. The number of halogens is 3. The van der Waals surface area contributed by atoms with Gasteiger partial charge in [0.05, 0.1) is 28.9 Å². The number of hydrogen-bond donors (Lipinski definition) is 2. The summed E-state index contributed by atoms with van der Waals surface area (Å²) in [5.74, 6) is 0.446. The molecule has 0 saturated carbocycles. The highest BCUT2D eigenvalue weighted by Crippen LogP contribution is 2.36. The molecule has 0 saturated heterocycles. The zero-order chi connectivity index (χ0) is 29.1. The van der Waals surface area contributed by atoms with E-state index in [1.54, 1.807) is 31.2 Å². The zero-order valence-corrected chi connectivity index (χ0v) is 25.3. The molecule has 3 aromatic rings. The van der Waals surface area contributed by atoms with Crippen molar-refractivity contribution in [3.63, 3.8) is 0 Å². The van der Waals surface area contributed by atoms with E-state index in [9.17, 15) is 9.59 Å². The molecule has 40 heavy (non-hydrogen) atoms. The van der Waals surface area contributed by atoms with Crippen molar-refractivity contribution in [3.05, 3.63) is 86.3 Å². The Morgan fingerprint density at radius 3 is 2.38 bits per heavy atom. The molecule has 0 spiro atoms. The van der Waals surface area contributed by atoms with Gasteiger partial charge in [0.1, 0.15) is 11.8 Å². The summed E-state index contributed by atoms with van der Waals surface area (Å²) in [4.78, 5) is 26.1. The van der Waals surface area contributed by atoms with Crippen LogP contribution >= 0.6 is 39.1 Å². The van der Waals surface area contributed by atoms with Crippen LogP contribution in [-0.2, 0) is 16.0 Å². The van der Waals surface area contributed by atoms with Gasteiger partial charge in [-0.3, -0.25) is 9.59 Å². The molecule has 0 bridgehead atoms. The molecule has 0 aliphatic rings. The summed E-state index contributed by atoms with van der Waals surface area (Å²) in [5, 5.41) is 7.58. The zero-order valence-electron chi connectivity index (χ0n) is 22.2. The number of hydrazone groups is 1. The molecule has 8 nitrogen and oxygen atoms in total. The second-order valence-corrected chi connectivity index (χ2v) is 10.2. The summed E-state index contributed by atoms with van der Waals surface area (Å²) < 4.78 is 17.8. The first-order chi connectivity index (χ1) is 19.2. The number of nitrogens with zero attached hydrogens (tertiary/aromatic N) is 1. The van der Waals surface area contributed by atoms with E-state index in [0.717, 1.165) is 5.56 Å². The summed E-state index contributed by atoms with van der Waals surface area (Å²) in [7, 11) is 0. The Morgan fingerprint density at radius 2 is 1.70 bits per heavy atom. The van der Waals surface area contributed by atoms with Gasteiger partial charge in [-0.2, -0.15) is 5.10 Å². The molecule has 2 N–H and O–H groups in total. The molecule has 3 aromatic carbocycles. The molecule has 0 unspecified atom stereocenters. The average Bonchev–Trinajstić information content (AvgIpc) is 2.92. The van der Waals surface area contributed by atoms with Crippen molar-refractivity contribution in [3.8, 4) is 17.2 Å². The quantitative estimate of drug-likeness (QED) is 0.170. The first kappa shape index (κ1) is 31.3. The second-order valence-electron chi connectivity index (χ2n) is 8.52. The monoisotopic (exact) mass is 649 g/mol. The number of nitrogens with one attached hydrogen (secondary N) is 2. The standard InChI is InChI=1S/C29H30BrCl2N3O5/c1-4-38-26-15-20(13-22(30)27(26)39-5-2)17-33-35-29(37)24(14-19-9-7-6-8-10-19)34-28(36)18(3)40-25-12-11-21(31)16-23(25)32/h6-13,15-18,24H,4-5,14H2,1-3H3,(H,34,36)(H,35,37)/b33-17-/t18-,24+/m0/s1. The SMILES string of the molecule is CCOc1cc(/C=N\NC(=O)[C@@H](Cc2ccccc2)NC(=O)[C@H](C)Oc2ccc(Cl)cc2Cl)cc(Br)c1OCC. The van der Waals surface area contributed by atoms with Gasteiger partial charge in [-0.05, 0) is 78.2 Å². The Morgan fingerprint density at radius 1 is 0.975 bits per heavy atom. The summed E-state index contributed by atoms with van der Waals surface area (Å²) in [6, 6.07) is 16.7. The van der Waals surface area contributed by atoms with Crippen LogP contribution in [-0.4, -0.2) is 43.4 Å². The van der Waals surface area contributed by atoms with Crippen LogP contribution in [0.1, 0.15) is 31.9 Å². The van der Waals surface area contributed by atoms with E-state index in [2.05, 4.69) is 31.8 Å². The lowest BCUT2D eigenvalue weighted by Gasteiger charge is -2.21. The maximum Gasteiger partial charge on any atom is 0.262 e. The highest BCUT2D eigenvalue weighted by atomic mass is 79.9. The van der Waals surface area contributed by atoms with E-state index >= 15 is 0 Å². The van der Waals surface area contributed by atoms with Gasteiger partial charge in [-0.25, -0.2) is 5.43 Å². The molecule has 2 amide bonds. The third kappa shape index (κ3) is 9.15. The second kappa shape index (κ2) is 15.5. The van der Waals surface area contributed by atoms with E-state index in [1.807, 2.05) is 44.2 Å². The molecule has 0 radical (unpaired) electrons. The van der Waals surface area contributed by atoms with Crippen LogP contribution in [0.25, 0.3) is 0 Å². The third-order valence-electron chi connectivity index (χ3n) is 5.49. The van der Waals surface area contributed by atoms with Crippen LogP contribution in [0.2, 0.25) is 10.0 Å². The Kier molecular flexibility index (Phi) is 12.1. The molecule has 0 heterocycles. The van der Waals surface area contributed by atoms with Crippen molar-refractivity contribution in [1.29, 1.82) is 0 Å². The van der Waals surface area contributed by atoms with Crippen molar-refractivity contribution in [1.82, 2.24) is 10.7 Å². The minimum Gasteiger partial charge on any atom is -0.490 e. The van der Waals surface area contributed by atoms with Crippen molar-refractivity contribution in [2.24, 2.45) is 5.10 Å². The highest BCUT2D eigenvalue weighted by Gasteiger charge is 2.25. The van der Waals surface area contributed by atoms with Gasteiger partial charge in [0.15, 0.2) is 17.6 Å². The largest absolute Gasteiger partial charge is 0.490 e. The van der Waals surface area contributed by atoms with Crippen LogP contribution < -0.4 is 25.0 Å². The molecule has 0 aliphatic carbocycles. The van der Waals surface area contributed by atoms with Gasteiger partial charge in [0, 0.05) is 11.4 Å². The van der Waals surface area contributed by atoms with E-state index in [4.69, 9.17) is 37.4 Å². The first-order valence-corrected chi connectivity index (χ1v) is 14.1. The fourth-order valence-electron chi connectivity index (χ4n) is 3.62. The maximum atomic E-state index is 13.2. The van der Waals surface area contributed by atoms with Crippen LogP contribution in [0, 0.1) is 0 Å². The molecular weight excluding hydrogens is 621 g/mol. The van der Waals surface area contributed by atoms with E-state index in [-0.39, 0.29) is 11.4 Å². The fraction of sp³-hybridized carbons (Fsp3) is 0.276. The van der Waals surface area contributed by atoms with Crippen LogP contribution in [0.5, 0.6) is 17.2 Å². The minimum absolute atomic E-state index is 0.242. The minimum atomic E-state index is -0.938. The van der Waals surface area contributed by atoms with Gasteiger partial charge in [0.2, 0.25) is 0 Å². The molecule has 212 valence electrons. The number of carbonyl (C=O) groups excluding carboxylic acids is 2. The third-order valence-corrected chi connectivity index (χ3v) is 6.61. The summed E-state index contributed by atoms with van der Waals surface area (Å²) in [5.41, 5.74) is 4.05. The predicted molar refractivity (Wildman–Crippen MR) is 161 cm³/mol. The van der Waals surface area contributed by atoms with E-state index in [0.29, 0.717) is 45.5 Å². The lowest BCUT2D eigenvalue weighted by atomic mass is 10.1. The smallest absolute Gasteiger partial charge is 0.262 e. The predicted octanol–water partition coefficient (Wildman–Crippen LogP) is 6.20. The van der Waals surface area contributed by atoms with Crippen LogP contribution in [0.3, 0.4) is 0 Å².